The van der Waals surface area contributed by atoms with Gasteiger partial charge in [-0.3, -0.25) is 0 Å². The van der Waals surface area contributed by atoms with E-state index >= 15 is 0 Å². The van der Waals surface area contributed by atoms with Crippen molar-refractivity contribution in [3.63, 3.8) is 0 Å². The number of ether oxygens (including phenoxy) is 2. The summed E-state index contributed by atoms with van der Waals surface area (Å²) in [5.74, 6) is 1.75. The van der Waals surface area contributed by atoms with Gasteiger partial charge >= 0.3 is 0 Å². The van der Waals surface area contributed by atoms with Crippen molar-refractivity contribution in [2.24, 2.45) is 17.8 Å². The second-order valence-corrected chi connectivity index (χ2v) is 6.95. The minimum absolute atomic E-state index is 0.0257. The molecule has 0 radical (unpaired) electrons. The summed E-state index contributed by atoms with van der Waals surface area (Å²) in [6.07, 6.45) is 7.16. The Kier molecular flexibility index (Phi) is 8.74. The summed E-state index contributed by atoms with van der Waals surface area (Å²) in [7, 11) is 0. The van der Waals surface area contributed by atoms with Crippen LogP contribution in [0.25, 0.3) is 0 Å². The highest BCUT2D eigenvalue weighted by Gasteiger charge is 2.19. The topological polar surface area (TPSA) is 38.7 Å². The van der Waals surface area contributed by atoms with E-state index in [1.165, 1.54) is 19.3 Å². The van der Waals surface area contributed by atoms with Crippen LogP contribution < -0.4 is 0 Å². The van der Waals surface area contributed by atoms with Crippen LogP contribution in [0.5, 0.6) is 0 Å². The fourth-order valence-electron chi connectivity index (χ4n) is 3.34. The van der Waals surface area contributed by atoms with Gasteiger partial charge in [-0.1, -0.05) is 20.8 Å². The van der Waals surface area contributed by atoms with E-state index in [0.29, 0.717) is 24.4 Å². The maximum Gasteiger partial charge on any atom is 0.157 e. The minimum Gasteiger partial charge on any atom is -0.396 e. The first-order chi connectivity index (χ1) is 9.51. The van der Waals surface area contributed by atoms with Crippen LogP contribution in [0.15, 0.2) is 0 Å². The van der Waals surface area contributed by atoms with E-state index in [-0.39, 0.29) is 12.4 Å². The Labute approximate surface area is 125 Å². The van der Waals surface area contributed by atoms with Gasteiger partial charge in [-0.25, -0.2) is 0 Å². The Morgan fingerprint density at radius 2 is 1.65 bits per heavy atom. The Morgan fingerprint density at radius 3 is 2.25 bits per heavy atom. The average Bonchev–Trinajstić information content (AvgIpc) is 2.38. The number of aliphatic hydroxyl groups excluding tert-OH is 1. The predicted molar refractivity (Wildman–Crippen MR) is 82.6 cm³/mol. The molecule has 1 heterocycles. The van der Waals surface area contributed by atoms with E-state index in [1.54, 1.807) is 0 Å². The molecule has 1 aliphatic heterocycles. The van der Waals surface area contributed by atoms with Gasteiger partial charge in [-0.2, -0.15) is 0 Å². The number of hydrogen-bond acceptors (Lipinski definition) is 3. The van der Waals surface area contributed by atoms with Crippen molar-refractivity contribution in [1.82, 2.24) is 0 Å². The van der Waals surface area contributed by atoms with E-state index in [9.17, 15) is 0 Å². The van der Waals surface area contributed by atoms with E-state index in [0.717, 1.165) is 25.9 Å². The lowest BCUT2D eigenvalue weighted by Crippen LogP contribution is -2.27. The lowest BCUT2D eigenvalue weighted by Gasteiger charge is -2.28. The molecule has 1 rings (SSSR count). The Morgan fingerprint density at radius 1 is 1.00 bits per heavy atom. The molecule has 0 bridgehead atoms. The average molecular weight is 286 g/mol. The largest absolute Gasteiger partial charge is 0.396 e. The number of aliphatic hydroxyl groups is 1. The normalized spacial score (nSPS) is 25.9. The molecule has 3 nitrogen and oxygen atoms in total. The summed E-state index contributed by atoms with van der Waals surface area (Å²) in [5.41, 5.74) is 0. The zero-order valence-electron chi connectivity index (χ0n) is 13.8. The molecule has 0 aromatic rings. The molecule has 1 saturated heterocycles. The summed E-state index contributed by atoms with van der Waals surface area (Å²) >= 11 is 0. The molecule has 0 aliphatic carbocycles. The van der Waals surface area contributed by atoms with Gasteiger partial charge in [0.1, 0.15) is 0 Å². The van der Waals surface area contributed by atoms with Gasteiger partial charge in [0.05, 0.1) is 6.10 Å². The van der Waals surface area contributed by atoms with Gasteiger partial charge in [0.15, 0.2) is 6.29 Å². The van der Waals surface area contributed by atoms with Crippen molar-refractivity contribution < 1.29 is 14.6 Å². The quantitative estimate of drug-likeness (QED) is 0.696. The molecule has 2 unspecified atom stereocenters. The Balaban J connectivity index is 2.17. The highest BCUT2D eigenvalue weighted by molar-refractivity contribution is 4.66. The molecule has 3 heteroatoms. The molecule has 1 aliphatic rings. The molecule has 20 heavy (non-hydrogen) atoms. The van der Waals surface area contributed by atoms with Crippen molar-refractivity contribution in [2.45, 2.75) is 78.6 Å². The van der Waals surface area contributed by atoms with Crippen molar-refractivity contribution in [3.8, 4) is 0 Å². The van der Waals surface area contributed by atoms with Gasteiger partial charge in [0.2, 0.25) is 0 Å². The molecule has 1 N–H and O–H groups in total. The van der Waals surface area contributed by atoms with Crippen LogP contribution in [0.3, 0.4) is 0 Å². The molecule has 120 valence electrons. The van der Waals surface area contributed by atoms with Crippen LogP contribution in [0.2, 0.25) is 0 Å². The minimum atomic E-state index is 0.0257. The molecule has 1 fully saturated rings. The Hall–Kier alpha value is -0.120. The first kappa shape index (κ1) is 17.9. The maximum absolute atomic E-state index is 9.11. The number of hydrogen-bond donors (Lipinski definition) is 1. The molecule has 0 aromatic carbocycles. The second-order valence-electron chi connectivity index (χ2n) is 6.95. The standard InChI is InChI=1S/C17H34O3/c1-13(10-15(3)12-18)9-14(2)11-16(4)20-17-7-5-6-8-19-17/h13-18H,5-12H2,1-4H3/t13-,14+,15?,16+,17?/m1/s1. The summed E-state index contributed by atoms with van der Waals surface area (Å²) in [5, 5.41) is 9.11. The zero-order chi connectivity index (χ0) is 15.0. The van der Waals surface area contributed by atoms with Crippen molar-refractivity contribution in [2.75, 3.05) is 13.2 Å². The second kappa shape index (κ2) is 9.75. The molecular formula is C17H34O3. The van der Waals surface area contributed by atoms with Crippen molar-refractivity contribution >= 4 is 0 Å². The molecule has 0 saturated carbocycles. The molecule has 0 amide bonds. The number of rotatable bonds is 9. The van der Waals surface area contributed by atoms with Crippen LogP contribution >= 0.6 is 0 Å². The van der Waals surface area contributed by atoms with Gasteiger partial charge < -0.3 is 14.6 Å². The fraction of sp³-hybridized carbons (Fsp3) is 1.00. The predicted octanol–water partition coefficient (Wildman–Crippen LogP) is 3.99. The van der Waals surface area contributed by atoms with Crippen LogP contribution in [0, 0.1) is 17.8 Å². The van der Waals surface area contributed by atoms with Gasteiger partial charge in [-0.15, -0.1) is 0 Å². The van der Waals surface area contributed by atoms with Crippen LogP contribution in [-0.2, 0) is 9.47 Å². The van der Waals surface area contributed by atoms with E-state index in [4.69, 9.17) is 14.6 Å². The third-order valence-electron chi connectivity index (χ3n) is 4.18. The third kappa shape index (κ3) is 7.61. The summed E-state index contributed by atoms with van der Waals surface area (Å²) in [4.78, 5) is 0. The first-order valence-corrected chi connectivity index (χ1v) is 8.39. The van der Waals surface area contributed by atoms with E-state index in [1.807, 2.05) is 0 Å². The molecular weight excluding hydrogens is 252 g/mol. The monoisotopic (exact) mass is 286 g/mol. The van der Waals surface area contributed by atoms with Gasteiger partial charge in [-0.05, 0) is 63.2 Å². The van der Waals surface area contributed by atoms with Crippen LogP contribution in [-0.4, -0.2) is 30.7 Å². The highest BCUT2D eigenvalue weighted by atomic mass is 16.7. The lowest BCUT2D eigenvalue weighted by molar-refractivity contribution is -0.187. The Bertz CT molecular complexity index is 238. The third-order valence-corrected chi connectivity index (χ3v) is 4.18. The van der Waals surface area contributed by atoms with E-state index in [2.05, 4.69) is 27.7 Å². The summed E-state index contributed by atoms with van der Waals surface area (Å²) in [6.45, 7) is 10.0. The molecule has 0 spiro atoms. The first-order valence-electron chi connectivity index (χ1n) is 8.39. The van der Waals surface area contributed by atoms with Crippen LogP contribution in [0.1, 0.15) is 66.2 Å². The van der Waals surface area contributed by atoms with Crippen molar-refractivity contribution in [1.29, 1.82) is 0 Å². The van der Waals surface area contributed by atoms with Gasteiger partial charge in [0, 0.05) is 13.2 Å². The smallest absolute Gasteiger partial charge is 0.157 e. The lowest BCUT2D eigenvalue weighted by atomic mass is 9.87. The van der Waals surface area contributed by atoms with Gasteiger partial charge in [0.25, 0.3) is 0 Å². The highest BCUT2D eigenvalue weighted by Crippen LogP contribution is 2.24. The molecule has 5 atom stereocenters. The summed E-state index contributed by atoms with van der Waals surface area (Å²) < 4.78 is 11.6. The summed E-state index contributed by atoms with van der Waals surface area (Å²) in [6, 6.07) is 0. The zero-order valence-corrected chi connectivity index (χ0v) is 13.8. The van der Waals surface area contributed by atoms with Crippen LogP contribution in [0.4, 0.5) is 0 Å². The van der Waals surface area contributed by atoms with Crippen molar-refractivity contribution in [3.05, 3.63) is 0 Å². The molecule has 0 aromatic heterocycles. The SMILES string of the molecule is CC(CO)C[C@H](C)C[C@H](C)C[C@H](C)OC1CCCCO1. The maximum atomic E-state index is 9.11. The fourth-order valence-corrected chi connectivity index (χ4v) is 3.34. The van der Waals surface area contributed by atoms with E-state index < -0.39 is 0 Å².